The molecule has 15 aromatic rings. The van der Waals surface area contributed by atoms with Crippen molar-refractivity contribution in [3.8, 4) is 22.3 Å². The molecule has 0 aliphatic heterocycles. The minimum absolute atomic E-state index is 0.273. The normalized spacial score (nSPS) is 12.2. The first-order chi connectivity index (χ1) is 38.2. The van der Waals surface area contributed by atoms with E-state index in [1.165, 1.54) is 33.0 Å². The second-order valence-corrected chi connectivity index (χ2v) is 21.5. The first-order valence-electron chi connectivity index (χ1n) is 27.0. The molecule has 15 rings (SSSR count). The van der Waals surface area contributed by atoms with Crippen molar-refractivity contribution in [2.75, 3.05) is 9.80 Å². The van der Waals surface area contributed by atoms with Crippen LogP contribution in [-0.4, -0.2) is 8.80 Å². The van der Waals surface area contributed by atoms with Crippen LogP contribution in [0.15, 0.2) is 231 Å². The largest absolute Gasteiger partial charge is 0.310 e. The molecule has 4 aromatic heterocycles. The molecule has 0 bridgehead atoms. The molecular formula is C72H52F2N4. The molecule has 0 N–H and O–H groups in total. The van der Waals surface area contributed by atoms with Gasteiger partial charge in [0, 0.05) is 77.0 Å². The van der Waals surface area contributed by atoms with E-state index in [9.17, 15) is 8.78 Å². The quantitative estimate of drug-likeness (QED) is 0.136. The topological polar surface area (TPSA) is 15.3 Å². The molecule has 6 heteroatoms. The van der Waals surface area contributed by atoms with E-state index >= 15 is 0 Å². The third-order valence-electron chi connectivity index (χ3n) is 16.4. The van der Waals surface area contributed by atoms with E-state index in [1.54, 1.807) is 24.3 Å². The van der Waals surface area contributed by atoms with Crippen molar-refractivity contribution in [2.45, 2.75) is 39.5 Å². The van der Waals surface area contributed by atoms with Crippen LogP contribution in [0.25, 0.3) is 98.4 Å². The first-order valence-corrected chi connectivity index (χ1v) is 27.0. The molecule has 0 aliphatic carbocycles. The van der Waals surface area contributed by atoms with Crippen molar-refractivity contribution >= 4 is 110 Å². The fourth-order valence-electron chi connectivity index (χ4n) is 13.0. The van der Waals surface area contributed by atoms with E-state index in [-0.39, 0.29) is 11.6 Å². The molecule has 78 heavy (non-hydrogen) atoms. The van der Waals surface area contributed by atoms with Gasteiger partial charge in [-0.2, -0.15) is 0 Å². The third kappa shape index (κ3) is 6.69. The van der Waals surface area contributed by atoms with Crippen LogP contribution < -0.4 is 9.80 Å². The smallest absolute Gasteiger partial charge is 0.123 e. The summed E-state index contributed by atoms with van der Waals surface area (Å²) in [5, 5.41) is 9.21. The van der Waals surface area contributed by atoms with E-state index < -0.39 is 0 Å². The van der Waals surface area contributed by atoms with Crippen molar-refractivity contribution in [3.63, 3.8) is 0 Å². The highest BCUT2D eigenvalue weighted by molar-refractivity contribution is 6.39. The molecule has 0 saturated heterocycles. The zero-order chi connectivity index (χ0) is 52.5. The average molecular weight is 1010 g/mol. The van der Waals surface area contributed by atoms with Gasteiger partial charge in [0.25, 0.3) is 0 Å². The second kappa shape index (κ2) is 17.5. The third-order valence-corrected chi connectivity index (χ3v) is 16.4. The maximum Gasteiger partial charge on any atom is 0.123 e. The molecule has 0 fully saturated rings. The number of para-hydroxylation sites is 2. The Hall–Kier alpha value is -9.52. The Kier molecular flexibility index (Phi) is 10.3. The molecule has 0 unspecified atom stereocenters. The van der Waals surface area contributed by atoms with Gasteiger partial charge in [-0.3, -0.25) is 0 Å². The maximum absolute atomic E-state index is 14.8. The van der Waals surface area contributed by atoms with E-state index in [4.69, 9.17) is 0 Å². The van der Waals surface area contributed by atoms with Gasteiger partial charge in [0.1, 0.15) is 11.6 Å². The lowest BCUT2D eigenvalue weighted by Crippen LogP contribution is -2.10. The van der Waals surface area contributed by atoms with Crippen molar-refractivity contribution in [2.24, 2.45) is 0 Å². The molecule has 0 aliphatic rings. The Morgan fingerprint density at radius 1 is 0.308 bits per heavy atom. The zero-order valence-corrected chi connectivity index (χ0v) is 43.6. The van der Waals surface area contributed by atoms with Crippen LogP contribution in [0.4, 0.5) is 42.9 Å². The van der Waals surface area contributed by atoms with Crippen LogP contribution >= 0.6 is 0 Å². The van der Waals surface area contributed by atoms with Gasteiger partial charge >= 0.3 is 0 Å². The van der Waals surface area contributed by atoms with E-state index in [0.717, 1.165) is 111 Å². The predicted octanol–water partition coefficient (Wildman–Crippen LogP) is 20.8. The minimum Gasteiger partial charge on any atom is -0.310 e. The molecule has 4 nitrogen and oxygen atoms in total. The number of benzene rings is 11. The Bertz CT molecular complexity index is 4460. The summed E-state index contributed by atoms with van der Waals surface area (Å²) in [5.41, 5.74) is 19.6. The number of fused-ring (bicyclic) bond motifs is 12. The highest BCUT2D eigenvalue weighted by Gasteiger charge is 2.32. The van der Waals surface area contributed by atoms with Crippen molar-refractivity contribution in [3.05, 3.63) is 253 Å². The Morgan fingerprint density at radius 3 is 0.974 bits per heavy atom. The number of nitrogens with zero attached hydrogens (tertiary/aromatic N) is 4. The monoisotopic (exact) mass is 1010 g/mol. The van der Waals surface area contributed by atoms with E-state index in [1.807, 2.05) is 24.3 Å². The van der Waals surface area contributed by atoms with Gasteiger partial charge in [-0.25, -0.2) is 8.78 Å². The SMILES string of the molecule is CC(C)c1ccc(N(c2ccc(F)cc2)c2cccc3c2c2cccc4c5c(-c6ccccc6)c6c(c(-c7ccccc7)c5n3c24)c2cccc3c4c(N(c5ccc(F)cc5)c5ccc(C(C)C)cc5)cccc4n6c32)cc1. The van der Waals surface area contributed by atoms with Crippen LogP contribution in [0.2, 0.25) is 0 Å². The molecule has 0 radical (unpaired) electrons. The zero-order valence-electron chi connectivity index (χ0n) is 43.6. The molecule has 0 spiro atoms. The fraction of sp³-hybridized carbons (Fsp3) is 0.0833. The van der Waals surface area contributed by atoms with Crippen LogP contribution in [-0.2, 0) is 0 Å². The Labute approximate surface area is 450 Å². The molecule has 0 saturated carbocycles. The van der Waals surface area contributed by atoms with Crippen LogP contribution in [0.5, 0.6) is 0 Å². The van der Waals surface area contributed by atoms with Gasteiger partial charge in [-0.15, -0.1) is 0 Å². The van der Waals surface area contributed by atoms with E-state index in [2.05, 4.69) is 228 Å². The highest BCUT2D eigenvalue weighted by Crippen LogP contribution is 2.56. The summed E-state index contributed by atoms with van der Waals surface area (Å²) in [6, 6.07) is 80.2. The Balaban J connectivity index is 1.10. The van der Waals surface area contributed by atoms with Gasteiger partial charge in [0.15, 0.2) is 0 Å². The maximum atomic E-state index is 14.8. The summed E-state index contributed by atoms with van der Waals surface area (Å²) in [6.07, 6.45) is 0. The molecule has 4 heterocycles. The van der Waals surface area contributed by atoms with Crippen LogP contribution in [0.3, 0.4) is 0 Å². The minimum atomic E-state index is -0.273. The van der Waals surface area contributed by atoms with Gasteiger partial charge < -0.3 is 18.6 Å². The summed E-state index contributed by atoms with van der Waals surface area (Å²) >= 11 is 0. The van der Waals surface area contributed by atoms with Gasteiger partial charge in [0.2, 0.25) is 0 Å². The van der Waals surface area contributed by atoms with E-state index in [0.29, 0.717) is 11.8 Å². The molecule has 0 amide bonds. The summed E-state index contributed by atoms with van der Waals surface area (Å²) < 4.78 is 34.7. The van der Waals surface area contributed by atoms with Crippen LogP contribution in [0.1, 0.15) is 50.7 Å². The van der Waals surface area contributed by atoms with Crippen molar-refractivity contribution in [1.82, 2.24) is 8.80 Å². The molecule has 0 atom stereocenters. The number of rotatable bonds is 10. The van der Waals surface area contributed by atoms with Crippen molar-refractivity contribution < 1.29 is 8.78 Å². The number of hydrogen-bond donors (Lipinski definition) is 0. The number of hydrogen-bond acceptors (Lipinski definition) is 2. The van der Waals surface area contributed by atoms with Crippen molar-refractivity contribution in [1.29, 1.82) is 0 Å². The summed E-state index contributed by atoms with van der Waals surface area (Å²) in [7, 11) is 0. The summed E-state index contributed by atoms with van der Waals surface area (Å²) in [6.45, 7) is 8.86. The molecular weight excluding hydrogens is 959 g/mol. The summed E-state index contributed by atoms with van der Waals surface area (Å²) in [5.74, 6) is 0.203. The highest BCUT2D eigenvalue weighted by atomic mass is 19.1. The second-order valence-electron chi connectivity index (χ2n) is 21.5. The average Bonchev–Trinajstić information content (AvgIpc) is 2.52. The molecule has 374 valence electrons. The lowest BCUT2D eigenvalue weighted by atomic mass is 9.89. The standard InChI is InChI=1S/C72H52F2N4/c1-43(2)45-27-35-51(36-28-45)75(53-39-31-49(73)32-40-53)59-23-13-25-61-65(59)55-19-11-21-57-67-64(48-17-9-6-10-18-48)72-68(63(47-15-7-5-8-16-47)71(67)77(61)69(55)57)58-22-12-20-56-66-60(24-14-26-62(66)78(72)70(56)58)76(54-41-33-50(74)34-42-54)52-37-29-46(30-38-52)44(3)4/h5-44H,1-4H3. The van der Waals surface area contributed by atoms with Gasteiger partial charge in [-0.05, 0) is 131 Å². The Morgan fingerprint density at radius 2 is 0.628 bits per heavy atom. The first kappa shape index (κ1) is 45.8. The number of anilines is 6. The number of aromatic nitrogens is 2. The van der Waals surface area contributed by atoms with Gasteiger partial charge in [0.05, 0.1) is 44.5 Å². The predicted molar refractivity (Wildman–Crippen MR) is 324 cm³/mol. The van der Waals surface area contributed by atoms with Gasteiger partial charge in [-0.1, -0.05) is 161 Å². The lowest BCUT2D eigenvalue weighted by Gasteiger charge is -2.27. The molecule has 11 aromatic carbocycles. The lowest BCUT2D eigenvalue weighted by molar-refractivity contribution is 0.627. The number of halogens is 2. The summed E-state index contributed by atoms with van der Waals surface area (Å²) in [4.78, 5) is 4.57. The van der Waals surface area contributed by atoms with Crippen LogP contribution in [0, 0.1) is 11.6 Å². The fourth-order valence-corrected chi connectivity index (χ4v) is 13.0.